The van der Waals surface area contributed by atoms with Crippen LogP contribution in [-0.2, 0) is 16.1 Å². The fraction of sp³-hybridized carbons (Fsp3) is 0.286. The zero-order valence-electron chi connectivity index (χ0n) is 15.4. The molecule has 27 heavy (non-hydrogen) atoms. The first kappa shape index (κ1) is 18.6. The summed E-state index contributed by atoms with van der Waals surface area (Å²) in [5.74, 6) is -0.289. The lowest BCUT2D eigenvalue weighted by Gasteiger charge is -2.18. The van der Waals surface area contributed by atoms with E-state index in [1.54, 1.807) is 31.3 Å². The molecule has 0 bridgehead atoms. The van der Waals surface area contributed by atoms with E-state index in [9.17, 15) is 14.4 Å². The zero-order valence-corrected chi connectivity index (χ0v) is 15.4. The fourth-order valence-corrected chi connectivity index (χ4v) is 3.07. The summed E-state index contributed by atoms with van der Waals surface area (Å²) in [6.07, 6.45) is 1.53. The number of amides is 3. The molecule has 2 aromatic rings. The molecular weight excluding hydrogens is 342 g/mol. The van der Waals surface area contributed by atoms with Crippen LogP contribution in [0.15, 0.2) is 54.6 Å². The van der Waals surface area contributed by atoms with Crippen molar-refractivity contribution in [2.45, 2.75) is 19.4 Å². The van der Waals surface area contributed by atoms with Crippen molar-refractivity contribution in [2.75, 3.05) is 25.5 Å². The highest BCUT2D eigenvalue weighted by atomic mass is 16.2. The summed E-state index contributed by atoms with van der Waals surface area (Å²) < 4.78 is 0. The summed E-state index contributed by atoms with van der Waals surface area (Å²) in [7, 11) is 1.60. The van der Waals surface area contributed by atoms with E-state index >= 15 is 0 Å². The van der Waals surface area contributed by atoms with Crippen LogP contribution in [0.25, 0.3) is 0 Å². The number of hydrogen-bond donors (Lipinski definition) is 1. The van der Waals surface area contributed by atoms with E-state index in [4.69, 9.17) is 0 Å². The van der Waals surface area contributed by atoms with Crippen molar-refractivity contribution in [1.82, 2.24) is 9.80 Å². The number of rotatable bonds is 6. The van der Waals surface area contributed by atoms with Gasteiger partial charge in [0.2, 0.25) is 11.8 Å². The maximum atomic E-state index is 12.5. The second kappa shape index (κ2) is 8.49. The molecule has 0 unspecified atom stereocenters. The van der Waals surface area contributed by atoms with Gasteiger partial charge in [-0.05, 0) is 36.2 Å². The van der Waals surface area contributed by atoms with E-state index in [1.165, 1.54) is 4.90 Å². The van der Waals surface area contributed by atoms with Gasteiger partial charge in [0, 0.05) is 37.8 Å². The van der Waals surface area contributed by atoms with Crippen molar-refractivity contribution in [3.8, 4) is 0 Å². The van der Waals surface area contributed by atoms with Crippen LogP contribution in [0.5, 0.6) is 0 Å². The summed E-state index contributed by atoms with van der Waals surface area (Å²) in [5, 5.41) is 2.76. The number of anilines is 1. The number of likely N-dealkylation sites (tertiary alicyclic amines) is 1. The molecule has 1 aliphatic rings. The monoisotopic (exact) mass is 365 g/mol. The molecule has 1 fully saturated rings. The number of nitrogens with one attached hydrogen (secondary N) is 1. The van der Waals surface area contributed by atoms with Crippen LogP contribution >= 0.6 is 0 Å². The first-order valence-electron chi connectivity index (χ1n) is 9.00. The summed E-state index contributed by atoms with van der Waals surface area (Å²) in [6.45, 7) is 1.33. The van der Waals surface area contributed by atoms with Crippen LogP contribution < -0.4 is 5.32 Å². The van der Waals surface area contributed by atoms with Gasteiger partial charge in [-0.1, -0.05) is 30.3 Å². The van der Waals surface area contributed by atoms with Crippen LogP contribution in [-0.4, -0.2) is 47.7 Å². The number of carbonyl (C=O) groups is 3. The zero-order chi connectivity index (χ0) is 19.2. The standard InChI is InChI=1S/C21H23N3O3/c1-23(15-19(25)22-18-6-3-2-4-7-18)21(27)17-11-9-16(10-12-17)14-24-13-5-8-20(24)26/h2-4,6-7,9-12H,5,8,13-15H2,1H3,(H,22,25). The summed E-state index contributed by atoms with van der Waals surface area (Å²) in [6, 6.07) is 16.3. The maximum absolute atomic E-state index is 12.5. The quantitative estimate of drug-likeness (QED) is 0.855. The van der Waals surface area contributed by atoms with Gasteiger partial charge < -0.3 is 15.1 Å². The molecule has 1 aliphatic heterocycles. The third kappa shape index (κ3) is 4.94. The van der Waals surface area contributed by atoms with Gasteiger partial charge in [-0.2, -0.15) is 0 Å². The Kier molecular flexibility index (Phi) is 5.86. The largest absolute Gasteiger partial charge is 0.338 e. The minimum Gasteiger partial charge on any atom is -0.338 e. The van der Waals surface area contributed by atoms with Crippen molar-refractivity contribution < 1.29 is 14.4 Å². The van der Waals surface area contributed by atoms with E-state index in [1.807, 2.05) is 35.2 Å². The predicted molar refractivity (Wildman–Crippen MR) is 103 cm³/mol. The Labute approximate surface area is 158 Å². The molecule has 0 aliphatic carbocycles. The van der Waals surface area contributed by atoms with E-state index in [0.29, 0.717) is 24.2 Å². The average molecular weight is 365 g/mol. The molecule has 1 N–H and O–H groups in total. The minimum absolute atomic E-state index is 0.0300. The average Bonchev–Trinajstić information content (AvgIpc) is 3.07. The molecule has 6 nitrogen and oxygen atoms in total. The molecule has 1 saturated heterocycles. The van der Waals surface area contributed by atoms with E-state index in [-0.39, 0.29) is 24.3 Å². The highest BCUT2D eigenvalue weighted by molar-refractivity contribution is 5.99. The number of carbonyl (C=O) groups excluding carboxylic acids is 3. The Morgan fingerprint density at radius 3 is 2.41 bits per heavy atom. The lowest BCUT2D eigenvalue weighted by atomic mass is 10.1. The van der Waals surface area contributed by atoms with Crippen LogP contribution in [0.4, 0.5) is 5.69 Å². The van der Waals surface area contributed by atoms with Gasteiger partial charge in [0.15, 0.2) is 0 Å². The molecular formula is C21H23N3O3. The summed E-state index contributed by atoms with van der Waals surface area (Å²) in [4.78, 5) is 39.5. The number of nitrogens with zero attached hydrogens (tertiary/aromatic N) is 2. The fourth-order valence-electron chi connectivity index (χ4n) is 3.07. The van der Waals surface area contributed by atoms with Crippen molar-refractivity contribution in [3.63, 3.8) is 0 Å². The highest BCUT2D eigenvalue weighted by Crippen LogP contribution is 2.15. The summed E-state index contributed by atoms with van der Waals surface area (Å²) in [5.41, 5.74) is 2.21. The van der Waals surface area contributed by atoms with Crippen molar-refractivity contribution in [1.29, 1.82) is 0 Å². The number of hydrogen-bond acceptors (Lipinski definition) is 3. The molecule has 0 aromatic heterocycles. The smallest absolute Gasteiger partial charge is 0.254 e. The van der Waals surface area contributed by atoms with Crippen molar-refractivity contribution in [3.05, 3.63) is 65.7 Å². The second-order valence-electron chi connectivity index (χ2n) is 6.69. The highest BCUT2D eigenvalue weighted by Gasteiger charge is 2.20. The van der Waals surface area contributed by atoms with Gasteiger partial charge in [0.1, 0.15) is 0 Å². The Bertz CT molecular complexity index is 818. The molecule has 3 rings (SSSR count). The lowest BCUT2D eigenvalue weighted by Crippen LogP contribution is -2.34. The van der Waals surface area contributed by atoms with Crippen LogP contribution in [0.3, 0.4) is 0 Å². The van der Waals surface area contributed by atoms with Gasteiger partial charge in [-0.15, -0.1) is 0 Å². The van der Waals surface area contributed by atoms with Crippen LogP contribution in [0.2, 0.25) is 0 Å². The molecule has 1 heterocycles. The third-order valence-corrected chi connectivity index (χ3v) is 4.53. The molecule has 0 saturated carbocycles. The van der Waals surface area contributed by atoms with Gasteiger partial charge in [0.25, 0.3) is 5.91 Å². The van der Waals surface area contributed by atoms with Crippen LogP contribution in [0.1, 0.15) is 28.8 Å². The molecule has 0 spiro atoms. The number of benzene rings is 2. The first-order chi connectivity index (χ1) is 13.0. The Hall–Kier alpha value is -3.15. The molecule has 140 valence electrons. The lowest BCUT2D eigenvalue weighted by molar-refractivity contribution is -0.128. The molecule has 6 heteroatoms. The third-order valence-electron chi connectivity index (χ3n) is 4.53. The second-order valence-corrected chi connectivity index (χ2v) is 6.69. The first-order valence-corrected chi connectivity index (χ1v) is 9.00. The molecule has 3 amide bonds. The van der Waals surface area contributed by atoms with Crippen molar-refractivity contribution in [2.24, 2.45) is 0 Å². The van der Waals surface area contributed by atoms with Gasteiger partial charge in [-0.25, -0.2) is 0 Å². The van der Waals surface area contributed by atoms with E-state index in [0.717, 1.165) is 18.5 Å². The molecule has 2 aromatic carbocycles. The van der Waals surface area contributed by atoms with Crippen LogP contribution in [0, 0.1) is 0 Å². The minimum atomic E-state index is -0.249. The maximum Gasteiger partial charge on any atom is 0.254 e. The molecule has 0 atom stereocenters. The summed E-state index contributed by atoms with van der Waals surface area (Å²) >= 11 is 0. The topological polar surface area (TPSA) is 69.7 Å². The number of para-hydroxylation sites is 1. The Balaban J connectivity index is 1.54. The normalized spacial score (nSPS) is 13.5. The van der Waals surface area contributed by atoms with E-state index in [2.05, 4.69) is 5.32 Å². The van der Waals surface area contributed by atoms with Gasteiger partial charge in [0.05, 0.1) is 6.54 Å². The Morgan fingerprint density at radius 2 is 1.78 bits per heavy atom. The SMILES string of the molecule is CN(CC(=O)Nc1ccccc1)C(=O)c1ccc(CN2CCCC2=O)cc1. The van der Waals surface area contributed by atoms with Gasteiger partial charge >= 0.3 is 0 Å². The van der Waals surface area contributed by atoms with Crippen molar-refractivity contribution >= 4 is 23.4 Å². The molecule has 0 radical (unpaired) electrons. The number of likely N-dealkylation sites (N-methyl/N-ethyl adjacent to an activating group) is 1. The predicted octanol–water partition coefficient (Wildman–Crippen LogP) is 2.52. The van der Waals surface area contributed by atoms with Gasteiger partial charge in [-0.3, -0.25) is 14.4 Å². The van der Waals surface area contributed by atoms with E-state index < -0.39 is 0 Å². The Morgan fingerprint density at radius 1 is 1.07 bits per heavy atom.